The highest BCUT2D eigenvalue weighted by atomic mass is 14.0. The lowest BCUT2D eigenvalue weighted by Crippen LogP contribution is -1.82. The molecular formula is C94H50. The molecule has 0 atom stereocenters. The van der Waals surface area contributed by atoms with Crippen molar-refractivity contribution in [2.75, 3.05) is 0 Å². The molecule has 12 aromatic rings. The van der Waals surface area contributed by atoms with Gasteiger partial charge in [-0.1, -0.05) is 167 Å². The van der Waals surface area contributed by atoms with E-state index >= 15 is 0 Å². The summed E-state index contributed by atoms with van der Waals surface area (Å²) in [5, 5.41) is 0. The van der Waals surface area contributed by atoms with Crippen molar-refractivity contribution in [3.63, 3.8) is 0 Å². The van der Waals surface area contributed by atoms with E-state index in [4.69, 9.17) is 0 Å². The molecule has 0 amide bonds. The molecule has 0 heterocycles. The van der Waals surface area contributed by atoms with Crippen LogP contribution in [0.2, 0.25) is 0 Å². The molecule has 0 aliphatic rings. The van der Waals surface area contributed by atoms with Gasteiger partial charge in [-0.3, -0.25) is 0 Å². The van der Waals surface area contributed by atoms with Crippen molar-refractivity contribution in [1.82, 2.24) is 0 Å². The summed E-state index contributed by atoms with van der Waals surface area (Å²) in [5.74, 6) is 71.5. The van der Waals surface area contributed by atoms with Gasteiger partial charge in [-0.25, -0.2) is 0 Å². The van der Waals surface area contributed by atoms with Gasteiger partial charge in [0.1, 0.15) is 0 Å². The van der Waals surface area contributed by atoms with Crippen molar-refractivity contribution in [1.29, 1.82) is 0 Å². The van der Waals surface area contributed by atoms with E-state index in [1.54, 1.807) is 0 Å². The van der Waals surface area contributed by atoms with Crippen LogP contribution in [0.25, 0.3) is 0 Å². The van der Waals surface area contributed by atoms with Gasteiger partial charge in [0.15, 0.2) is 0 Å². The van der Waals surface area contributed by atoms with Crippen LogP contribution in [-0.4, -0.2) is 0 Å². The van der Waals surface area contributed by atoms with E-state index in [9.17, 15) is 0 Å². The minimum Gasteiger partial charge on any atom is -0.0622 e. The lowest BCUT2D eigenvalue weighted by Gasteiger charge is -1.95. The van der Waals surface area contributed by atoms with Crippen molar-refractivity contribution in [2.24, 2.45) is 0 Å². The lowest BCUT2D eigenvalue weighted by atomic mass is 10.1. The Morgan fingerprint density at radius 3 is 0.213 bits per heavy atom. The van der Waals surface area contributed by atoms with Crippen LogP contribution < -0.4 is 0 Å². The zero-order chi connectivity index (χ0) is 63.6. The Kier molecular flexibility index (Phi) is 19.9. The van der Waals surface area contributed by atoms with E-state index in [1.165, 1.54) is 0 Å². The lowest BCUT2D eigenvalue weighted by molar-refractivity contribution is 1.57. The largest absolute Gasteiger partial charge is 0.0622 e. The van der Waals surface area contributed by atoms with Crippen LogP contribution in [0, 0.1) is 130 Å². The maximum absolute atomic E-state index is 3.27. The quantitative estimate of drug-likeness (QED) is 0.133. The number of benzene rings is 12. The SMILES string of the molecule is C(#Cc1ccc(C#Cc2ccc(C#Cc3ccc(C#Cc4ccc(C#Cc5ccc(C#Cc6ccc(C#Cc7ccc(C#Cc8ccc(C#Cc9ccc(C#Cc%10ccc(C#Cc%11ccccc%11)cc%10)cc9)cc8)cc7)cc6)cc5)cc4)cc3)cc2)cc1)c1ccccc1. The fourth-order valence-electron chi connectivity index (χ4n) is 9.00. The van der Waals surface area contributed by atoms with Crippen molar-refractivity contribution >= 4 is 0 Å². The summed E-state index contributed by atoms with van der Waals surface area (Å²) >= 11 is 0. The fraction of sp³-hybridized carbons (Fsp3) is 0. The third-order valence-corrected chi connectivity index (χ3v) is 14.3. The van der Waals surface area contributed by atoms with Gasteiger partial charge in [0.2, 0.25) is 0 Å². The van der Waals surface area contributed by atoms with Crippen LogP contribution in [0.5, 0.6) is 0 Å². The molecule has 12 rings (SSSR count). The summed E-state index contributed by atoms with van der Waals surface area (Å²) in [6, 6.07) is 99.8. The van der Waals surface area contributed by atoms with E-state index in [-0.39, 0.29) is 0 Å². The molecule has 426 valence electrons. The molecular weight excluding hydrogens is 1130 g/mol. The number of rotatable bonds is 0. The molecule has 0 nitrogen and oxygen atoms in total. The highest BCUT2D eigenvalue weighted by molar-refractivity contribution is 5.57. The molecule has 0 radical (unpaired) electrons. The van der Waals surface area contributed by atoms with Crippen molar-refractivity contribution in [3.05, 3.63) is 426 Å². The first-order valence-corrected chi connectivity index (χ1v) is 30.3. The average molecular weight is 1180 g/mol. The molecule has 0 N–H and O–H groups in total. The molecule has 0 aliphatic carbocycles. The molecule has 12 aromatic carbocycles. The molecule has 0 saturated heterocycles. The summed E-state index contributed by atoms with van der Waals surface area (Å²) < 4.78 is 0. The van der Waals surface area contributed by atoms with Gasteiger partial charge in [0.05, 0.1) is 0 Å². The standard InChI is InChI=1S/C94H50/c1-3-7-73(8-4-1)11-13-75-15-19-77(20-16-75)23-25-79-27-31-81(32-28-79)35-37-83-39-43-85(44-40-83)47-49-87-51-55-89(56-52-87)59-61-91-63-67-93(68-64-91)71-72-94-69-65-92(66-70-94)62-60-90-57-53-88(54-58-90)50-48-86-45-41-84(42-46-86)38-36-82-33-29-80(30-34-82)26-24-78-21-17-76(18-22-78)14-12-74-9-5-2-6-10-74/h1-10,15-22,27-34,39-46,51-58,63-70H. The minimum absolute atomic E-state index is 0.910. The van der Waals surface area contributed by atoms with Gasteiger partial charge in [-0.2, -0.15) is 0 Å². The van der Waals surface area contributed by atoms with Crippen LogP contribution in [0.4, 0.5) is 0 Å². The first kappa shape index (κ1) is 60.1. The van der Waals surface area contributed by atoms with Gasteiger partial charge in [-0.05, 0) is 267 Å². The average Bonchev–Trinajstić information content (AvgIpc) is 3.25. The molecule has 0 aliphatic heterocycles. The molecule has 0 saturated carbocycles. The number of hydrogen-bond donors (Lipinski definition) is 0. The maximum Gasteiger partial charge on any atom is 0.0249 e. The normalized spacial score (nSPS) is 9.40. The van der Waals surface area contributed by atoms with Crippen molar-refractivity contribution in [3.8, 4) is 130 Å². The zero-order valence-electron chi connectivity index (χ0n) is 50.9. The minimum atomic E-state index is 0.910. The van der Waals surface area contributed by atoms with Crippen molar-refractivity contribution < 1.29 is 0 Å². The summed E-state index contributed by atoms with van der Waals surface area (Å²) in [6.07, 6.45) is 0. The Morgan fingerprint density at radius 2 is 0.138 bits per heavy atom. The Morgan fingerprint density at radius 1 is 0.0745 bits per heavy atom. The summed E-state index contributed by atoms with van der Waals surface area (Å²) in [7, 11) is 0. The second-order valence-corrected chi connectivity index (χ2v) is 21.3. The van der Waals surface area contributed by atoms with Crippen LogP contribution >= 0.6 is 0 Å². The van der Waals surface area contributed by atoms with Gasteiger partial charge in [0, 0.05) is 122 Å². The second-order valence-electron chi connectivity index (χ2n) is 21.3. The van der Waals surface area contributed by atoms with Crippen LogP contribution in [0.1, 0.15) is 122 Å². The zero-order valence-corrected chi connectivity index (χ0v) is 50.9. The number of hydrogen-bond acceptors (Lipinski definition) is 0. The Labute approximate surface area is 552 Å². The van der Waals surface area contributed by atoms with Crippen molar-refractivity contribution in [2.45, 2.75) is 0 Å². The van der Waals surface area contributed by atoms with E-state index in [1.807, 2.05) is 303 Å². The van der Waals surface area contributed by atoms with Crippen LogP contribution in [0.15, 0.2) is 303 Å². The van der Waals surface area contributed by atoms with Crippen LogP contribution in [-0.2, 0) is 0 Å². The molecule has 0 spiro atoms. The topological polar surface area (TPSA) is 0 Å². The molecule has 0 aromatic heterocycles. The Balaban J connectivity index is 0.558. The molecule has 0 unspecified atom stereocenters. The third-order valence-electron chi connectivity index (χ3n) is 14.3. The monoisotopic (exact) mass is 1180 g/mol. The predicted molar refractivity (Wildman–Crippen MR) is 383 cm³/mol. The second kappa shape index (κ2) is 31.1. The Bertz CT molecular complexity index is 5100. The van der Waals surface area contributed by atoms with E-state index in [0.29, 0.717) is 0 Å². The molecule has 0 heteroatoms. The maximum atomic E-state index is 3.27. The van der Waals surface area contributed by atoms with Gasteiger partial charge in [0.25, 0.3) is 0 Å². The van der Waals surface area contributed by atoms with E-state index in [0.717, 1.165) is 122 Å². The van der Waals surface area contributed by atoms with Gasteiger partial charge >= 0.3 is 0 Å². The summed E-state index contributed by atoms with van der Waals surface area (Å²) in [4.78, 5) is 0. The first-order valence-electron chi connectivity index (χ1n) is 30.3. The summed E-state index contributed by atoms with van der Waals surface area (Å²) in [5.41, 5.74) is 20.4. The highest BCUT2D eigenvalue weighted by Gasteiger charge is 1.99. The smallest absolute Gasteiger partial charge is 0.0249 e. The summed E-state index contributed by atoms with van der Waals surface area (Å²) in [6.45, 7) is 0. The third kappa shape index (κ3) is 18.7. The molecule has 94 heavy (non-hydrogen) atoms. The highest BCUT2D eigenvalue weighted by Crippen LogP contribution is 2.13. The molecule has 0 bridgehead atoms. The molecule has 0 fully saturated rings. The van der Waals surface area contributed by atoms with Gasteiger partial charge in [-0.15, -0.1) is 0 Å². The van der Waals surface area contributed by atoms with Gasteiger partial charge < -0.3 is 0 Å². The fourth-order valence-corrected chi connectivity index (χ4v) is 9.00. The van der Waals surface area contributed by atoms with E-state index in [2.05, 4.69) is 130 Å². The van der Waals surface area contributed by atoms with E-state index < -0.39 is 0 Å². The Hall–Kier alpha value is -14.2. The predicted octanol–water partition coefficient (Wildman–Crippen LogP) is 17.1. The first-order chi connectivity index (χ1) is 46.4. The van der Waals surface area contributed by atoms with Crippen LogP contribution in [0.3, 0.4) is 0 Å².